The van der Waals surface area contributed by atoms with E-state index in [0.717, 1.165) is 22.9 Å². The Bertz CT molecular complexity index is 574. The molecular weight excluding hydrogens is 242 g/mol. The Labute approximate surface area is 111 Å². The summed E-state index contributed by atoms with van der Waals surface area (Å²) in [6, 6.07) is 8.50. The largest absolute Gasteiger partial charge is 0.478 e. The van der Waals surface area contributed by atoms with Crippen LogP contribution in [0.25, 0.3) is 0 Å². The summed E-state index contributed by atoms with van der Waals surface area (Å²) in [5.74, 6) is -0.205. The van der Waals surface area contributed by atoms with Crippen molar-refractivity contribution in [3.8, 4) is 0 Å². The van der Waals surface area contributed by atoms with E-state index in [1.165, 1.54) is 0 Å². The molecule has 0 aliphatic rings. The molecule has 2 N–H and O–H groups in total. The zero-order valence-corrected chi connectivity index (χ0v) is 10.8. The van der Waals surface area contributed by atoms with Crippen LogP contribution >= 0.6 is 0 Å². The van der Waals surface area contributed by atoms with Crippen molar-refractivity contribution in [1.82, 2.24) is 9.97 Å². The van der Waals surface area contributed by atoms with E-state index in [-0.39, 0.29) is 5.56 Å². The minimum Gasteiger partial charge on any atom is -0.478 e. The van der Waals surface area contributed by atoms with Crippen molar-refractivity contribution < 1.29 is 9.90 Å². The molecule has 1 aromatic heterocycles. The van der Waals surface area contributed by atoms with E-state index in [9.17, 15) is 4.79 Å². The van der Waals surface area contributed by atoms with Crippen molar-refractivity contribution in [3.63, 3.8) is 0 Å². The van der Waals surface area contributed by atoms with Gasteiger partial charge < -0.3 is 10.4 Å². The van der Waals surface area contributed by atoms with Gasteiger partial charge in [-0.1, -0.05) is 0 Å². The van der Waals surface area contributed by atoms with E-state index < -0.39 is 5.97 Å². The van der Waals surface area contributed by atoms with Gasteiger partial charge in [0, 0.05) is 17.1 Å². The van der Waals surface area contributed by atoms with Crippen LogP contribution in [-0.4, -0.2) is 21.0 Å². The average Bonchev–Trinajstić information content (AvgIpc) is 2.36. The molecule has 0 aliphatic heterocycles. The minimum atomic E-state index is -0.927. The fraction of sp³-hybridized carbons (Fsp3) is 0.214. The van der Waals surface area contributed by atoms with Gasteiger partial charge in [0.1, 0.15) is 5.82 Å². The summed E-state index contributed by atoms with van der Waals surface area (Å²) in [6.07, 6.45) is 0. The first-order valence-electron chi connectivity index (χ1n) is 5.93. The summed E-state index contributed by atoms with van der Waals surface area (Å²) >= 11 is 0. The molecule has 98 valence electrons. The Morgan fingerprint density at radius 2 is 1.74 bits per heavy atom. The molecule has 0 saturated heterocycles. The van der Waals surface area contributed by atoms with E-state index in [4.69, 9.17) is 5.11 Å². The molecule has 0 unspecified atom stereocenters. The second-order valence-electron chi connectivity index (χ2n) is 4.30. The molecule has 0 aliphatic carbocycles. The van der Waals surface area contributed by atoms with Crippen LogP contribution < -0.4 is 5.32 Å². The standard InChI is InChI=1S/C14H15N3O2/c1-9-7-10(2)17-13(16-9)8-15-12-5-3-11(4-6-12)14(18)19/h3-7,15H,8H2,1-2H3,(H,18,19). The highest BCUT2D eigenvalue weighted by Crippen LogP contribution is 2.10. The lowest BCUT2D eigenvalue weighted by molar-refractivity contribution is 0.0697. The molecule has 2 rings (SSSR count). The lowest BCUT2D eigenvalue weighted by atomic mass is 10.2. The maximum Gasteiger partial charge on any atom is 0.335 e. The third kappa shape index (κ3) is 3.51. The number of hydrogen-bond acceptors (Lipinski definition) is 4. The van der Waals surface area contributed by atoms with Crippen LogP contribution in [-0.2, 0) is 6.54 Å². The van der Waals surface area contributed by atoms with Gasteiger partial charge in [0.2, 0.25) is 0 Å². The smallest absolute Gasteiger partial charge is 0.335 e. The molecule has 19 heavy (non-hydrogen) atoms. The molecule has 0 saturated carbocycles. The topological polar surface area (TPSA) is 75.1 Å². The Morgan fingerprint density at radius 3 is 2.26 bits per heavy atom. The van der Waals surface area contributed by atoms with Crippen LogP contribution in [0.4, 0.5) is 5.69 Å². The van der Waals surface area contributed by atoms with Gasteiger partial charge in [-0.15, -0.1) is 0 Å². The summed E-state index contributed by atoms with van der Waals surface area (Å²) in [5, 5.41) is 12.0. The first-order chi connectivity index (χ1) is 9.04. The highest BCUT2D eigenvalue weighted by atomic mass is 16.4. The van der Waals surface area contributed by atoms with Crippen molar-refractivity contribution in [1.29, 1.82) is 0 Å². The summed E-state index contributed by atoms with van der Waals surface area (Å²) in [6.45, 7) is 4.37. The number of rotatable bonds is 4. The third-order valence-corrected chi connectivity index (χ3v) is 2.61. The lowest BCUT2D eigenvalue weighted by Crippen LogP contribution is -2.06. The summed E-state index contributed by atoms with van der Waals surface area (Å²) in [7, 11) is 0. The zero-order chi connectivity index (χ0) is 13.8. The number of nitrogens with one attached hydrogen (secondary N) is 1. The van der Waals surface area contributed by atoms with E-state index >= 15 is 0 Å². The molecule has 5 heteroatoms. The van der Waals surface area contributed by atoms with Gasteiger partial charge in [-0.05, 0) is 44.2 Å². The predicted octanol–water partition coefficient (Wildman–Crippen LogP) is 2.40. The van der Waals surface area contributed by atoms with Gasteiger partial charge in [-0.3, -0.25) is 0 Å². The van der Waals surface area contributed by atoms with Gasteiger partial charge in [-0.25, -0.2) is 14.8 Å². The SMILES string of the molecule is Cc1cc(C)nc(CNc2ccc(C(=O)O)cc2)n1. The molecule has 0 amide bonds. The number of carboxylic acids is 1. The number of hydrogen-bond donors (Lipinski definition) is 2. The molecular formula is C14H15N3O2. The number of carboxylic acid groups (broad SMARTS) is 1. The summed E-state index contributed by atoms with van der Waals surface area (Å²) < 4.78 is 0. The monoisotopic (exact) mass is 257 g/mol. The van der Waals surface area contributed by atoms with Gasteiger partial charge in [0.25, 0.3) is 0 Å². The molecule has 0 atom stereocenters. The van der Waals surface area contributed by atoms with Crippen LogP contribution in [0.1, 0.15) is 27.6 Å². The second-order valence-corrected chi connectivity index (χ2v) is 4.30. The van der Waals surface area contributed by atoms with E-state index in [0.29, 0.717) is 6.54 Å². The number of aromatic carboxylic acids is 1. The Kier molecular flexibility index (Phi) is 3.75. The fourth-order valence-corrected chi connectivity index (χ4v) is 1.79. The molecule has 2 aromatic rings. The first-order valence-corrected chi connectivity index (χ1v) is 5.93. The van der Waals surface area contributed by atoms with Crippen molar-refractivity contribution >= 4 is 11.7 Å². The fourth-order valence-electron chi connectivity index (χ4n) is 1.79. The number of aromatic nitrogens is 2. The number of benzene rings is 1. The zero-order valence-electron chi connectivity index (χ0n) is 10.8. The Morgan fingerprint density at radius 1 is 1.16 bits per heavy atom. The summed E-state index contributed by atoms with van der Waals surface area (Å²) in [5.41, 5.74) is 2.98. The Balaban J connectivity index is 2.03. The first kappa shape index (κ1) is 13.0. The lowest BCUT2D eigenvalue weighted by Gasteiger charge is -2.07. The van der Waals surface area contributed by atoms with Crippen molar-refractivity contribution in [2.45, 2.75) is 20.4 Å². The summed E-state index contributed by atoms with van der Waals surface area (Å²) in [4.78, 5) is 19.4. The highest BCUT2D eigenvalue weighted by Gasteiger charge is 2.03. The average molecular weight is 257 g/mol. The Hall–Kier alpha value is -2.43. The number of carbonyl (C=O) groups is 1. The van der Waals surface area contributed by atoms with Crippen LogP contribution in [0.15, 0.2) is 30.3 Å². The number of aryl methyl sites for hydroxylation is 2. The van der Waals surface area contributed by atoms with Gasteiger partial charge in [0.15, 0.2) is 0 Å². The van der Waals surface area contributed by atoms with E-state index in [1.54, 1.807) is 24.3 Å². The molecule has 1 aromatic carbocycles. The predicted molar refractivity (Wildman–Crippen MR) is 72.2 cm³/mol. The van der Waals surface area contributed by atoms with Crippen LogP contribution in [0.3, 0.4) is 0 Å². The van der Waals surface area contributed by atoms with Crippen molar-refractivity contribution in [2.24, 2.45) is 0 Å². The van der Waals surface area contributed by atoms with Gasteiger partial charge in [0.05, 0.1) is 12.1 Å². The molecule has 5 nitrogen and oxygen atoms in total. The quantitative estimate of drug-likeness (QED) is 0.879. The van der Waals surface area contributed by atoms with Crippen LogP contribution in [0, 0.1) is 13.8 Å². The van der Waals surface area contributed by atoms with E-state index in [1.807, 2.05) is 19.9 Å². The van der Waals surface area contributed by atoms with Gasteiger partial charge in [-0.2, -0.15) is 0 Å². The highest BCUT2D eigenvalue weighted by molar-refractivity contribution is 5.87. The second kappa shape index (κ2) is 5.48. The number of nitrogens with zero attached hydrogens (tertiary/aromatic N) is 2. The molecule has 0 fully saturated rings. The van der Waals surface area contributed by atoms with Crippen molar-refractivity contribution in [2.75, 3.05) is 5.32 Å². The van der Waals surface area contributed by atoms with Crippen molar-refractivity contribution in [3.05, 3.63) is 53.1 Å². The third-order valence-electron chi connectivity index (χ3n) is 2.61. The molecule has 0 spiro atoms. The number of anilines is 1. The van der Waals surface area contributed by atoms with Crippen LogP contribution in [0.5, 0.6) is 0 Å². The minimum absolute atomic E-state index is 0.271. The van der Waals surface area contributed by atoms with E-state index in [2.05, 4.69) is 15.3 Å². The molecule has 0 bridgehead atoms. The molecule has 1 heterocycles. The molecule has 0 radical (unpaired) electrons. The normalized spacial score (nSPS) is 10.2. The van der Waals surface area contributed by atoms with Crippen LogP contribution in [0.2, 0.25) is 0 Å². The maximum atomic E-state index is 10.7. The maximum absolute atomic E-state index is 10.7. The van der Waals surface area contributed by atoms with Gasteiger partial charge >= 0.3 is 5.97 Å².